The third kappa shape index (κ3) is 2.17. The van der Waals surface area contributed by atoms with Gasteiger partial charge in [-0.15, -0.1) is 11.3 Å². The maximum Gasteiger partial charge on any atom is 0.258 e. The molecule has 0 bridgehead atoms. The van der Waals surface area contributed by atoms with Crippen LogP contribution < -0.4 is 11.1 Å². The molecule has 2 aromatic heterocycles. The summed E-state index contributed by atoms with van der Waals surface area (Å²) in [4.78, 5) is 12.5. The molecule has 0 saturated carbocycles. The lowest BCUT2D eigenvalue weighted by Gasteiger charge is -2.04. The highest BCUT2D eigenvalue weighted by atomic mass is 32.1. The number of nitrogens with zero attached hydrogens (tertiary/aromatic N) is 1. The van der Waals surface area contributed by atoms with Crippen LogP contribution in [0.1, 0.15) is 15.9 Å². The van der Waals surface area contributed by atoms with E-state index >= 15 is 0 Å². The van der Waals surface area contributed by atoms with Gasteiger partial charge in [-0.2, -0.15) is 5.10 Å². The van der Waals surface area contributed by atoms with Crippen molar-refractivity contribution < 1.29 is 4.79 Å². The topological polar surface area (TPSA) is 83.8 Å². The fourth-order valence-corrected chi connectivity index (χ4v) is 3.00. The maximum absolute atomic E-state index is 12.3. The number of H-pyrrole nitrogens is 1. The SMILES string of the molecule is NC(=S)c1cn[nH]c1NC(=O)c1csc2ccccc12. The van der Waals surface area contributed by atoms with Crippen molar-refractivity contribution >= 4 is 50.4 Å². The lowest BCUT2D eigenvalue weighted by molar-refractivity contribution is 0.102. The van der Waals surface area contributed by atoms with Crippen LogP contribution in [0.25, 0.3) is 10.1 Å². The van der Waals surface area contributed by atoms with Gasteiger partial charge in [0.15, 0.2) is 0 Å². The number of aromatic amines is 1. The van der Waals surface area contributed by atoms with Crippen LogP contribution in [0.3, 0.4) is 0 Å². The van der Waals surface area contributed by atoms with Crippen LogP contribution in [-0.2, 0) is 0 Å². The minimum Gasteiger partial charge on any atom is -0.389 e. The fourth-order valence-electron chi connectivity index (χ4n) is 1.90. The maximum atomic E-state index is 12.3. The van der Waals surface area contributed by atoms with Gasteiger partial charge in [0.05, 0.1) is 17.3 Å². The summed E-state index contributed by atoms with van der Waals surface area (Å²) in [7, 11) is 0. The summed E-state index contributed by atoms with van der Waals surface area (Å²) in [5.74, 6) is 0.196. The Morgan fingerprint density at radius 3 is 2.95 bits per heavy atom. The summed E-state index contributed by atoms with van der Waals surface area (Å²) in [6.45, 7) is 0. The molecule has 0 saturated heterocycles. The molecule has 3 rings (SSSR count). The van der Waals surface area contributed by atoms with Gasteiger partial charge in [0.25, 0.3) is 5.91 Å². The zero-order valence-corrected chi connectivity index (χ0v) is 11.8. The van der Waals surface area contributed by atoms with E-state index in [-0.39, 0.29) is 10.9 Å². The summed E-state index contributed by atoms with van der Waals surface area (Å²) in [5, 5.41) is 12.0. The number of thiophene rings is 1. The average molecular weight is 302 g/mol. The number of fused-ring (bicyclic) bond motifs is 1. The number of hydrogen-bond donors (Lipinski definition) is 3. The Bertz CT molecular complexity index is 805. The van der Waals surface area contributed by atoms with Crippen molar-refractivity contribution in [3.8, 4) is 0 Å². The molecule has 2 heterocycles. The van der Waals surface area contributed by atoms with Gasteiger partial charge in [-0.3, -0.25) is 9.89 Å². The number of nitrogens with two attached hydrogens (primary N) is 1. The number of anilines is 1. The van der Waals surface area contributed by atoms with Crippen LogP contribution in [0.15, 0.2) is 35.8 Å². The van der Waals surface area contributed by atoms with Crippen LogP contribution in [0.2, 0.25) is 0 Å². The van der Waals surface area contributed by atoms with Crippen LogP contribution in [-0.4, -0.2) is 21.1 Å². The Hall–Kier alpha value is -2.25. The Balaban J connectivity index is 1.93. The van der Waals surface area contributed by atoms with Crippen molar-refractivity contribution in [2.24, 2.45) is 5.73 Å². The molecule has 0 spiro atoms. The average Bonchev–Trinajstić information content (AvgIpc) is 3.04. The molecule has 5 nitrogen and oxygen atoms in total. The highest BCUT2D eigenvalue weighted by molar-refractivity contribution is 7.80. The van der Waals surface area contributed by atoms with Gasteiger partial charge in [0.2, 0.25) is 0 Å². The van der Waals surface area contributed by atoms with Crippen LogP contribution >= 0.6 is 23.6 Å². The number of carbonyl (C=O) groups excluding carboxylic acids is 1. The van der Waals surface area contributed by atoms with Crippen LogP contribution in [0.4, 0.5) is 5.82 Å². The van der Waals surface area contributed by atoms with Crippen molar-refractivity contribution in [2.75, 3.05) is 5.32 Å². The summed E-state index contributed by atoms with van der Waals surface area (Å²) in [6, 6.07) is 7.75. The quantitative estimate of drug-likeness (QED) is 0.649. The highest BCUT2D eigenvalue weighted by Crippen LogP contribution is 2.26. The van der Waals surface area contributed by atoms with Gasteiger partial charge in [0, 0.05) is 15.5 Å². The lowest BCUT2D eigenvalue weighted by atomic mass is 10.1. The molecule has 0 aliphatic rings. The zero-order valence-electron chi connectivity index (χ0n) is 10.2. The van der Waals surface area contributed by atoms with Crippen molar-refractivity contribution in [3.63, 3.8) is 0 Å². The minimum absolute atomic E-state index is 0.184. The Kier molecular flexibility index (Phi) is 3.21. The first kappa shape index (κ1) is 12.8. The van der Waals surface area contributed by atoms with E-state index in [4.69, 9.17) is 18.0 Å². The van der Waals surface area contributed by atoms with E-state index in [1.807, 2.05) is 29.6 Å². The number of aromatic nitrogens is 2. The molecule has 1 aromatic carbocycles. The van der Waals surface area contributed by atoms with Crippen molar-refractivity contribution in [2.45, 2.75) is 0 Å². The van der Waals surface area contributed by atoms with E-state index in [9.17, 15) is 4.79 Å². The number of carbonyl (C=O) groups is 1. The number of amides is 1. The minimum atomic E-state index is -0.218. The lowest BCUT2D eigenvalue weighted by Crippen LogP contribution is -2.16. The van der Waals surface area contributed by atoms with Gasteiger partial charge in [-0.25, -0.2) is 0 Å². The Morgan fingerprint density at radius 1 is 1.35 bits per heavy atom. The summed E-state index contributed by atoms with van der Waals surface area (Å²) in [6.07, 6.45) is 1.49. The standard InChI is InChI=1S/C13H10N4OS2/c14-11(19)8-5-15-17-12(8)16-13(18)9-6-20-10-4-2-1-3-7(9)10/h1-6H,(H2,14,19)(H2,15,16,17,18). The largest absolute Gasteiger partial charge is 0.389 e. The van der Waals surface area contributed by atoms with Gasteiger partial charge >= 0.3 is 0 Å². The van der Waals surface area contributed by atoms with Gasteiger partial charge in [-0.05, 0) is 6.07 Å². The van der Waals surface area contributed by atoms with Crippen molar-refractivity contribution in [3.05, 3.63) is 47.0 Å². The van der Waals surface area contributed by atoms with E-state index < -0.39 is 0 Å². The Labute approximate surface area is 123 Å². The monoisotopic (exact) mass is 302 g/mol. The molecule has 0 atom stereocenters. The number of thiocarbonyl (C=S) groups is 1. The first-order valence-corrected chi connectivity index (χ1v) is 7.06. The molecule has 0 aliphatic carbocycles. The van der Waals surface area contributed by atoms with E-state index in [2.05, 4.69) is 15.5 Å². The first-order chi connectivity index (χ1) is 9.66. The molecular weight excluding hydrogens is 292 g/mol. The molecule has 0 aliphatic heterocycles. The molecule has 3 aromatic rings. The van der Waals surface area contributed by atoms with E-state index in [1.54, 1.807) is 0 Å². The number of rotatable bonds is 3. The van der Waals surface area contributed by atoms with E-state index in [0.717, 1.165) is 10.1 Å². The predicted octanol–water partition coefficient (Wildman–Crippen LogP) is 2.51. The first-order valence-electron chi connectivity index (χ1n) is 5.77. The fraction of sp³-hybridized carbons (Fsp3) is 0. The van der Waals surface area contributed by atoms with E-state index in [1.165, 1.54) is 17.5 Å². The third-order valence-electron chi connectivity index (χ3n) is 2.87. The molecule has 7 heteroatoms. The molecular formula is C13H10N4OS2. The smallest absolute Gasteiger partial charge is 0.258 e. The molecule has 4 N–H and O–H groups in total. The summed E-state index contributed by atoms with van der Waals surface area (Å²) < 4.78 is 1.07. The second-order valence-electron chi connectivity index (χ2n) is 4.12. The molecule has 0 unspecified atom stereocenters. The molecule has 0 fully saturated rings. The predicted molar refractivity (Wildman–Crippen MR) is 84.3 cm³/mol. The van der Waals surface area contributed by atoms with Crippen LogP contribution in [0, 0.1) is 0 Å². The Morgan fingerprint density at radius 2 is 2.15 bits per heavy atom. The van der Waals surface area contributed by atoms with Crippen LogP contribution in [0.5, 0.6) is 0 Å². The summed E-state index contributed by atoms with van der Waals surface area (Å²) in [5.41, 5.74) is 6.71. The molecule has 0 radical (unpaired) electrons. The third-order valence-corrected chi connectivity index (χ3v) is 4.05. The van der Waals surface area contributed by atoms with Gasteiger partial charge in [0.1, 0.15) is 10.8 Å². The molecule has 1 amide bonds. The molecule has 100 valence electrons. The second kappa shape index (κ2) is 5.03. The zero-order chi connectivity index (χ0) is 14.1. The normalized spacial score (nSPS) is 10.6. The number of hydrogen-bond acceptors (Lipinski definition) is 4. The second-order valence-corrected chi connectivity index (χ2v) is 5.47. The highest BCUT2D eigenvalue weighted by Gasteiger charge is 2.15. The van der Waals surface area contributed by atoms with Crippen molar-refractivity contribution in [1.29, 1.82) is 0 Å². The van der Waals surface area contributed by atoms with Gasteiger partial charge < -0.3 is 11.1 Å². The van der Waals surface area contributed by atoms with E-state index in [0.29, 0.717) is 16.9 Å². The number of nitrogens with one attached hydrogen (secondary N) is 2. The van der Waals surface area contributed by atoms with Crippen molar-refractivity contribution in [1.82, 2.24) is 10.2 Å². The van der Waals surface area contributed by atoms with Gasteiger partial charge in [-0.1, -0.05) is 30.4 Å². The molecule has 20 heavy (non-hydrogen) atoms. The summed E-state index contributed by atoms with van der Waals surface area (Å²) >= 11 is 6.43. The number of benzene rings is 1.